The van der Waals surface area contributed by atoms with Crippen LogP contribution in [0.1, 0.15) is 33.6 Å². The highest BCUT2D eigenvalue weighted by Gasteiger charge is 2.47. The standard InChI is InChI=1S/C19H15ClN2O5/c20-15-9-12(22(25)26)5-6-13(15)18(24)21-8-7-19(11-21)10-16(23)14-3-1-2-4-17(14)27-19/h1-6,9H,7-8,10-11H2. The molecule has 2 aromatic rings. The van der Waals surface area contributed by atoms with E-state index in [1.54, 1.807) is 29.2 Å². The lowest BCUT2D eigenvalue weighted by Crippen LogP contribution is -2.45. The maximum Gasteiger partial charge on any atom is 0.270 e. The minimum absolute atomic E-state index is 0.000447. The van der Waals surface area contributed by atoms with Crippen LogP contribution in [0.25, 0.3) is 0 Å². The van der Waals surface area contributed by atoms with E-state index < -0.39 is 10.5 Å². The second-order valence-electron chi connectivity index (χ2n) is 6.78. The number of halogens is 1. The molecule has 1 saturated heterocycles. The molecule has 4 rings (SSSR count). The van der Waals surface area contributed by atoms with Gasteiger partial charge in [-0.3, -0.25) is 19.7 Å². The van der Waals surface area contributed by atoms with E-state index in [9.17, 15) is 19.7 Å². The molecule has 0 aromatic heterocycles. The Hall–Kier alpha value is -2.93. The van der Waals surface area contributed by atoms with Crippen molar-refractivity contribution < 1.29 is 19.2 Å². The summed E-state index contributed by atoms with van der Waals surface area (Å²) in [6, 6.07) is 10.9. The molecule has 0 N–H and O–H groups in total. The fraction of sp³-hybridized carbons (Fsp3) is 0.263. The minimum atomic E-state index is -0.742. The molecular weight excluding hydrogens is 372 g/mol. The van der Waals surface area contributed by atoms with E-state index >= 15 is 0 Å². The zero-order valence-corrected chi connectivity index (χ0v) is 14.9. The summed E-state index contributed by atoms with van der Waals surface area (Å²) in [5.74, 6) is 0.206. The van der Waals surface area contributed by atoms with E-state index in [4.69, 9.17) is 16.3 Å². The number of Topliss-reactive ketones (excluding diaryl/α,β-unsaturated/α-hetero) is 1. The topological polar surface area (TPSA) is 89.8 Å². The third-order valence-corrected chi connectivity index (χ3v) is 5.31. The normalized spacial score (nSPS) is 21.1. The first-order valence-corrected chi connectivity index (χ1v) is 8.81. The number of ether oxygens (including phenoxy) is 1. The Balaban J connectivity index is 1.56. The van der Waals surface area contributed by atoms with E-state index in [0.29, 0.717) is 24.3 Å². The first-order chi connectivity index (χ1) is 12.9. The SMILES string of the molecule is O=C1CC2(CCN(C(=O)c3ccc([N+](=O)[O-])cc3Cl)C2)Oc2ccccc21. The van der Waals surface area contributed by atoms with Gasteiger partial charge in [-0.2, -0.15) is 0 Å². The first kappa shape index (κ1) is 17.5. The number of benzene rings is 2. The lowest BCUT2D eigenvalue weighted by molar-refractivity contribution is -0.384. The van der Waals surface area contributed by atoms with Crippen LogP contribution in [-0.4, -0.2) is 40.2 Å². The number of nitro groups is 1. The third-order valence-electron chi connectivity index (χ3n) is 4.99. The first-order valence-electron chi connectivity index (χ1n) is 8.43. The Morgan fingerprint density at radius 1 is 1.26 bits per heavy atom. The van der Waals surface area contributed by atoms with Crippen LogP contribution in [0.5, 0.6) is 5.75 Å². The van der Waals surface area contributed by atoms with Gasteiger partial charge in [-0.05, 0) is 18.2 Å². The molecule has 1 spiro atoms. The van der Waals surface area contributed by atoms with E-state index in [1.807, 2.05) is 0 Å². The second kappa shape index (κ2) is 6.35. The average molecular weight is 387 g/mol. The number of rotatable bonds is 2. The minimum Gasteiger partial charge on any atom is -0.484 e. The summed E-state index contributed by atoms with van der Waals surface area (Å²) in [6.45, 7) is 0.681. The van der Waals surface area contributed by atoms with Gasteiger partial charge < -0.3 is 9.64 Å². The molecular formula is C19H15ClN2O5. The molecule has 2 aromatic carbocycles. The third kappa shape index (κ3) is 3.04. The summed E-state index contributed by atoms with van der Waals surface area (Å²) in [5, 5.41) is 10.9. The zero-order chi connectivity index (χ0) is 19.2. The molecule has 27 heavy (non-hydrogen) atoms. The molecule has 2 aliphatic heterocycles. The molecule has 0 saturated carbocycles. The molecule has 7 nitrogen and oxygen atoms in total. The van der Waals surface area contributed by atoms with Gasteiger partial charge in [-0.1, -0.05) is 23.7 Å². The largest absolute Gasteiger partial charge is 0.484 e. The number of para-hydroxylation sites is 1. The van der Waals surface area contributed by atoms with Crippen molar-refractivity contribution in [3.8, 4) is 5.75 Å². The molecule has 0 bridgehead atoms. The maximum atomic E-state index is 12.8. The quantitative estimate of drug-likeness (QED) is 0.582. The highest BCUT2D eigenvalue weighted by molar-refractivity contribution is 6.34. The van der Waals surface area contributed by atoms with Crippen LogP contribution in [0.15, 0.2) is 42.5 Å². The summed E-state index contributed by atoms with van der Waals surface area (Å²) in [7, 11) is 0. The summed E-state index contributed by atoms with van der Waals surface area (Å²) in [5.41, 5.74) is -0.158. The van der Waals surface area contributed by atoms with Gasteiger partial charge in [-0.25, -0.2) is 0 Å². The van der Waals surface area contributed by atoms with Gasteiger partial charge in [0.2, 0.25) is 0 Å². The highest BCUT2D eigenvalue weighted by atomic mass is 35.5. The van der Waals surface area contributed by atoms with Gasteiger partial charge >= 0.3 is 0 Å². The van der Waals surface area contributed by atoms with Crippen LogP contribution in [-0.2, 0) is 0 Å². The Bertz CT molecular complexity index is 976. The van der Waals surface area contributed by atoms with E-state index in [-0.39, 0.29) is 40.9 Å². The van der Waals surface area contributed by atoms with Crippen molar-refractivity contribution >= 4 is 29.0 Å². The summed E-state index contributed by atoms with van der Waals surface area (Å²) in [4.78, 5) is 37.2. The molecule has 0 aliphatic carbocycles. The number of amides is 1. The fourth-order valence-electron chi connectivity index (χ4n) is 3.65. The van der Waals surface area contributed by atoms with E-state index in [2.05, 4.69) is 0 Å². The van der Waals surface area contributed by atoms with E-state index in [1.165, 1.54) is 12.1 Å². The Morgan fingerprint density at radius 2 is 2.04 bits per heavy atom. The van der Waals surface area contributed by atoms with Crippen LogP contribution >= 0.6 is 11.6 Å². The second-order valence-corrected chi connectivity index (χ2v) is 7.19. The van der Waals surface area contributed by atoms with Crippen molar-refractivity contribution in [1.82, 2.24) is 4.90 Å². The van der Waals surface area contributed by atoms with Gasteiger partial charge in [0.25, 0.3) is 11.6 Å². The van der Waals surface area contributed by atoms with Crippen LogP contribution in [0, 0.1) is 10.1 Å². The number of carbonyl (C=O) groups excluding carboxylic acids is 2. The van der Waals surface area contributed by atoms with Gasteiger partial charge in [0.1, 0.15) is 11.4 Å². The molecule has 2 aliphatic rings. The van der Waals surface area contributed by atoms with Gasteiger partial charge in [0, 0.05) is 25.1 Å². The number of hydrogen-bond acceptors (Lipinski definition) is 5. The molecule has 0 radical (unpaired) electrons. The fourth-order valence-corrected chi connectivity index (χ4v) is 3.91. The smallest absolute Gasteiger partial charge is 0.270 e. The number of nitrogens with zero attached hydrogens (tertiary/aromatic N) is 2. The summed E-state index contributed by atoms with van der Waals surface area (Å²) >= 11 is 6.08. The lowest BCUT2D eigenvalue weighted by Gasteiger charge is -2.34. The Labute approximate surface area is 159 Å². The van der Waals surface area contributed by atoms with Crippen LogP contribution in [0.2, 0.25) is 5.02 Å². The summed E-state index contributed by atoms with van der Waals surface area (Å²) < 4.78 is 6.11. The molecule has 2 heterocycles. The number of non-ortho nitro benzene ring substituents is 1. The number of hydrogen-bond donors (Lipinski definition) is 0. The van der Waals surface area contributed by atoms with Gasteiger partial charge in [0.15, 0.2) is 5.78 Å². The summed E-state index contributed by atoms with van der Waals surface area (Å²) in [6.07, 6.45) is 0.741. The molecule has 1 atom stereocenters. The number of nitro benzene ring substituents is 1. The molecule has 8 heteroatoms. The van der Waals surface area contributed by atoms with Crippen molar-refractivity contribution in [2.24, 2.45) is 0 Å². The molecule has 1 unspecified atom stereocenters. The van der Waals surface area contributed by atoms with Crippen LogP contribution in [0.3, 0.4) is 0 Å². The Morgan fingerprint density at radius 3 is 2.78 bits per heavy atom. The predicted molar refractivity (Wildman–Crippen MR) is 97.4 cm³/mol. The van der Waals surface area contributed by atoms with Gasteiger partial charge in [-0.15, -0.1) is 0 Å². The van der Waals surface area contributed by atoms with E-state index in [0.717, 1.165) is 6.07 Å². The number of ketones is 1. The number of likely N-dealkylation sites (tertiary alicyclic amines) is 1. The van der Waals surface area contributed by atoms with Crippen molar-refractivity contribution in [2.75, 3.05) is 13.1 Å². The molecule has 1 fully saturated rings. The van der Waals surface area contributed by atoms with Crippen molar-refractivity contribution in [3.63, 3.8) is 0 Å². The van der Waals surface area contributed by atoms with Crippen molar-refractivity contribution in [2.45, 2.75) is 18.4 Å². The maximum absolute atomic E-state index is 12.8. The van der Waals surface area contributed by atoms with Crippen LogP contribution < -0.4 is 4.74 Å². The van der Waals surface area contributed by atoms with Gasteiger partial charge in [0.05, 0.1) is 34.0 Å². The lowest BCUT2D eigenvalue weighted by atomic mass is 9.89. The van der Waals surface area contributed by atoms with Crippen molar-refractivity contribution in [1.29, 1.82) is 0 Å². The molecule has 1 amide bonds. The molecule has 138 valence electrons. The predicted octanol–water partition coefficient (Wildman–Crippen LogP) is 3.50. The highest BCUT2D eigenvalue weighted by Crippen LogP contribution is 2.39. The monoisotopic (exact) mass is 386 g/mol. The average Bonchev–Trinajstić information content (AvgIpc) is 3.04. The zero-order valence-electron chi connectivity index (χ0n) is 14.2. The van der Waals surface area contributed by atoms with Crippen molar-refractivity contribution in [3.05, 3.63) is 68.7 Å². The Kier molecular flexibility index (Phi) is 4.11. The number of fused-ring (bicyclic) bond motifs is 1. The van der Waals surface area contributed by atoms with Crippen LogP contribution in [0.4, 0.5) is 5.69 Å². The number of carbonyl (C=O) groups is 2.